The molecule has 0 aromatic heterocycles. The summed E-state index contributed by atoms with van der Waals surface area (Å²) in [6.07, 6.45) is 10.2. The third-order valence-electron chi connectivity index (χ3n) is 5.58. The smallest absolute Gasteiger partial charge is 0.0468 e. The number of methoxy groups -OCH3 is 1. The van der Waals surface area contributed by atoms with Crippen molar-refractivity contribution in [3.8, 4) is 0 Å². The molecule has 3 aliphatic carbocycles. The third-order valence-corrected chi connectivity index (χ3v) is 5.58. The van der Waals surface area contributed by atoms with Crippen LogP contribution in [-0.2, 0) is 4.74 Å². The monoisotopic (exact) mass is 237 g/mol. The van der Waals surface area contributed by atoms with Crippen molar-refractivity contribution in [3.05, 3.63) is 0 Å². The fourth-order valence-electron chi connectivity index (χ4n) is 4.16. The van der Waals surface area contributed by atoms with Crippen molar-refractivity contribution < 1.29 is 4.74 Å². The molecule has 0 aromatic rings. The molecular weight excluding hydrogens is 210 g/mol. The molecule has 1 N–H and O–H groups in total. The maximum absolute atomic E-state index is 5.21. The van der Waals surface area contributed by atoms with Crippen molar-refractivity contribution >= 4 is 0 Å². The molecule has 3 saturated carbocycles. The van der Waals surface area contributed by atoms with E-state index in [0.29, 0.717) is 5.41 Å². The Morgan fingerprint density at radius 2 is 2.12 bits per heavy atom. The highest BCUT2D eigenvalue weighted by atomic mass is 16.5. The van der Waals surface area contributed by atoms with Gasteiger partial charge in [0.05, 0.1) is 0 Å². The van der Waals surface area contributed by atoms with Crippen LogP contribution in [0.2, 0.25) is 0 Å². The second kappa shape index (κ2) is 4.89. The first-order valence-electron chi connectivity index (χ1n) is 7.51. The van der Waals surface area contributed by atoms with E-state index in [9.17, 15) is 0 Å². The average molecular weight is 237 g/mol. The molecule has 0 aliphatic heterocycles. The lowest BCUT2D eigenvalue weighted by atomic mass is 9.88. The van der Waals surface area contributed by atoms with Gasteiger partial charge in [0.15, 0.2) is 0 Å². The van der Waals surface area contributed by atoms with E-state index in [1.807, 2.05) is 7.11 Å². The number of ether oxygens (including phenoxy) is 1. The maximum atomic E-state index is 5.21. The molecule has 0 heterocycles. The van der Waals surface area contributed by atoms with Gasteiger partial charge in [-0.25, -0.2) is 0 Å². The first-order chi connectivity index (χ1) is 8.31. The Hall–Kier alpha value is -0.0800. The summed E-state index contributed by atoms with van der Waals surface area (Å²) in [5.74, 6) is 3.17. The molecule has 3 fully saturated rings. The summed E-state index contributed by atoms with van der Waals surface area (Å²) >= 11 is 0. The molecule has 0 radical (unpaired) electrons. The average Bonchev–Trinajstić information content (AvgIpc) is 2.80. The molecule has 2 bridgehead atoms. The van der Waals surface area contributed by atoms with Crippen LogP contribution < -0.4 is 5.32 Å². The number of fused-ring (bicyclic) bond motifs is 2. The quantitative estimate of drug-likeness (QED) is 0.735. The third kappa shape index (κ3) is 2.68. The normalized spacial score (nSPS) is 37.6. The summed E-state index contributed by atoms with van der Waals surface area (Å²) in [7, 11) is 1.82. The van der Waals surface area contributed by atoms with E-state index in [4.69, 9.17) is 4.74 Å². The lowest BCUT2D eigenvalue weighted by Crippen LogP contribution is -2.31. The van der Waals surface area contributed by atoms with Crippen LogP contribution in [0.5, 0.6) is 0 Å². The van der Waals surface area contributed by atoms with Gasteiger partial charge in [-0.05, 0) is 68.2 Å². The highest BCUT2D eigenvalue weighted by Crippen LogP contribution is 2.49. The Kier molecular flexibility index (Phi) is 3.45. The summed E-state index contributed by atoms with van der Waals surface area (Å²) in [6, 6.07) is 0. The van der Waals surface area contributed by atoms with Crippen molar-refractivity contribution in [2.24, 2.45) is 23.2 Å². The SMILES string of the molecule is COCCC1(CNCC2CC3CCC2C3)CC1. The van der Waals surface area contributed by atoms with Crippen LogP contribution in [-0.4, -0.2) is 26.8 Å². The minimum Gasteiger partial charge on any atom is -0.385 e. The lowest BCUT2D eigenvalue weighted by Gasteiger charge is -2.23. The topological polar surface area (TPSA) is 21.3 Å². The van der Waals surface area contributed by atoms with Crippen LogP contribution >= 0.6 is 0 Å². The maximum Gasteiger partial charge on any atom is 0.0468 e. The molecule has 17 heavy (non-hydrogen) atoms. The number of nitrogens with one attached hydrogen (secondary N) is 1. The molecule has 3 aliphatic rings. The van der Waals surface area contributed by atoms with E-state index >= 15 is 0 Å². The predicted molar refractivity (Wildman–Crippen MR) is 70.0 cm³/mol. The van der Waals surface area contributed by atoms with E-state index in [2.05, 4.69) is 5.32 Å². The Bertz CT molecular complexity index is 262. The van der Waals surface area contributed by atoms with E-state index in [0.717, 1.165) is 24.4 Å². The zero-order chi connectivity index (χ0) is 11.7. The van der Waals surface area contributed by atoms with Gasteiger partial charge in [0, 0.05) is 20.3 Å². The standard InChI is InChI=1S/C15H27NO/c1-17-7-6-15(4-5-15)11-16-10-14-9-12-2-3-13(14)8-12/h12-14,16H,2-11H2,1H3. The molecule has 98 valence electrons. The van der Waals surface area contributed by atoms with Gasteiger partial charge in [0.2, 0.25) is 0 Å². The first-order valence-corrected chi connectivity index (χ1v) is 7.51. The molecule has 0 spiro atoms. The van der Waals surface area contributed by atoms with E-state index in [1.54, 1.807) is 6.42 Å². The van der Waals surface area contributed by atoms with E-state index < -0.39 is 0 Å². The Morgan fingerprint density at radius 1 is 1.24 bits per heavy atom. The fourth-order valence-corrected chi connectivity index (χ4v) is 4.16. The highest BCUT2D eigenvalue weighted by molar-refractivity contribution is 4.96. The summed E-state index contributed by atoms with van der Waals surface area (Å²) < 4.78 is 5.21. The largest absolute Gasteiger partial charge is 0.385 e. The van der Waals surface area contributed by atoms with Gasteiger partial charge in [-0.1, -0.05) is 6.42 Å². The Balaban J connectivity index is 1.35. The van der Waals surface area contributed by atoms with Crippen molar-refractivity contribution in [2.75, 3.05) is 26.8 Å². The second-order valence-electron chi connectivity index (χ2n) is 6.81. The molecule has 3 atom stereocenters. The minimum absolute atomic E-state index is 0.619. The highest BCUT2D eigenvalue weighted by Gasteiger charge is 2.43. The summed E-state index contributed by atoms with van der Waals surface area (Å²) in [6.45, 7) is 3.47. The molecule has 0 saturated heterocycles. The lowest BCUT2D eigenvalue weighted by molar-refractivity contribution is 0.170. The summed E-state index contributed by atoms with van der Waals surface area (Å²) in [4.78, 5) is 0. The fraction of sp³-hybridized carbons (Fsp3) is 1.00. The molecule has 2 nitrogen and oxygen atoms in total. The molecule has 0 amide bonds. The van der Waals surface area contributed by atoms with Crippen LogP contribution in [0.3, 0.4) is 0 Å². The number of hydrogen-bond donors (Lipinski definition) is 1. The molecular formula is C15H27NO. The van der Waals surface area contributed by atoms with Crippen molar-refractivity contribution in [3.63, 3.8) is 0 Å². The van der Waals surface area contributed by atoms with Gasteiger partial charge in [-0.2, -0.15) is 0 Å². The predicted octanol–water partition coefficient (Wildman–Crippen LogP) is 2.83. The zero-order valence-electron chi connectivity index (χ0n) is 11.2. The number of rotatable bonds is 7. The summed E-state index contributed by atoms with van der Waals surface area (Å²) in [5.41, 5.74) is 0.619. The van der Waals surface area contributed by atoms with Gasteiger partial charge in [-0.15, -0.1) is 0 Å². The van der Waals surface area contributed by atoms with Gasteiger partial charge in [0.25, 0.3) is 0 Å². The van der Waals surface area contributed by atoms with Crippen molar-refractivity contribution in [1.82, 2.24) is 5.32 Å². The zero-order valence-corrected chi connectivity index (χ0v) is 11.2. The van der Waals surface area contributed by atoms with Crippen molar-refractivity contribution in [2.45, 2.75) is 44.9 Å². The first kappa shape index (κ1) is 12.0. The van der Waals surface area contributed by atoms with Gasteiger partial charge >= 0.3 is 0 Å². The van der Waals surface area contributed by atoms with Crippen LogP contribution in [0.25, 0.3) is 0 Å². The van der Waals surface area contributed by atoms with Gasteiger partial charge < -0.3 is 10.1 Å². The van der Waals surface area contributed by atoms with Crippen LogP contribution in [0, 0.1) is 23.2 Å². The van der Waals surface area contributed by atoms with Crippen LogP contribution in [0.1, 0.15) is 44.9 Å². The van der Waals surface area contributed by atoms with Crippen LogP contribution in [0.4, 0.5) is 0 Å². The summed E-state index contributed by atoms with van der Waals surface area (Å²) in [5, 5.41) is 3.77. The minimum atomic E-state index is 0.619. The van der Waals surface area contributed by atoms with Gasteiger partial charge in [0.1, 0.15) is 0 Å². The van der Waals surface area contributed by atoms with Crippen molar-refractivity contribution in [1.29, 1.82) is 0 Å². The molecule has 3 unspecified atom stereocenters. The number of hydrogen-bond acceptors (Lipinski definition) is 2. The molecule has 2 heteroatoms. The van der Waals surface area contributed by atoms with E-state index in [1.165, 1.54) is 51.6 Å². The molecule has 3 rings (SSSR count). The van der Waals surface area contributed by atoms with E-state index in [-0.39, 0.29) is 0 Å². The second-order valence-corrected chi connectivity index (χ2v) is 6.81. The Labute approximate surface area is 105 Å². The van der Waals surface area contributed by atoms with Crippen LogP contribution in [0.15, 0.2) is 0 Å². The molecule has 0 aromatic carbocycles. The Morgan fingerprint density at radius 3 is 2.71 bits per heavy atom. The van der Waals surface area contributed by atoms with Gasteiger partial charge in [-0.3, -0.25) is 0 Å².